The summed E-state index contributed by atoms with van der Waals surface area (Å²) in [6.07, 6.45) is 1.62. The minimum Gasteiger partial charge on any atom is -0.462 e. The van der Waals surface area contributed by atoms with Crippen LogP contribution in [-0.2, 0) is 20.9 Å². The molecule has 1 rings (SSSR count). The molecule has 0 aliphatic rings. The van der Waals surface area contributed by atoms with E-state index in [4.69, 9.17) is 9.47 Å². The van der Waals surface area contributed by atoms with Gasteiger partial charge in [-0.05, 0) is 18.6 Å². The Hall–Kier alpha value is -2.44. The molecule has 7 nitrogen and oxygen atoms in total. The van der Waals surface area contributed by atoms with Crippen molar-refractivity contribution in [1.82, 2.24) is 0 Å². The third kappa shape index (κ3) is 5.21. The average molecular weight is 295 g/mol. The van der Waals surface area contributed by atoms with Crippen LogP contribution in [0.2, 0.25) is 0 Å². The van der Waals surface area contributed by atoms with Gasteiger partial charge in [0, 0.05) is 13.0 Å². The largest absolute Gasteiger partial charge is 0.462 e. The Morgan fingerprint density at radius 3 is 2.57 bits per heavy atom. The second-order valence-corrected chi connectivity index (χ2v) is 4.37. The molecule has 0 N–H and O–H groups in total. The van der Waals surface area contributed by atoms with Crippen molar-refractivity contribution >= 4 is 17.6 Å². The molecule has 1 aromatic rings. The zero-order valence-corrected chi connectivity index (χ0v) is 12.0. The zero-order valence-electron chi connectivity index (χ0n) is 12.0. The maximum Gasteiger partial charge on any atom is 0.338 e. The van der Waals surface area contributed by atoms with E-state index < -0.39 is 16.9 Å². The van der Waals surface area contributed by atoms with E-state index in [9.17, 15) is 19.7 Å². The number of ether oxygens (including phenoxy) is 2. The Bertz CT molecular complexity index is 540. The summed E-state index contributed by atoms with van der Waals surface area (Å²) in [6.45, 7) is 3.24. The number of carbonyl (C=O) groups is 2. The van der Waals surface area contributed by atoms with Crippen molar-refractivity contribution in [2.24, 2.45) is 0 Å². The van der Waals surface area contributed by atoms with Crippen LogP contribution in [0.5, 0.6) is 0 Å². The molecule has 0 aliphatic carbocycles. The first kappa shape index (κ1) is 16.6. The van der Waals surface area contributed by atoms with Gasteiger partial charge in [0.25, 0.3) is 5.69 Å². The molecule has 0 aliphatic heterocycles. The minimum absolute atomic E-state index is 0.101. The summed E-state index contributed by atoms with van der Waals surface area (Å²) in [4.78, 5) is 32.9. The second-order valence-electron chi connectivity index (χ2n) is 4.37. The number of carbonyl (C=O) groups excluding carboxylic acids is 2. The summed E-state index contributed by atoms with van der Waals surface area (Å²) in [5.41, 5.74) is 0.0471. The molecule has 0 bridgehead atoms. The van der Waals surface area contributed by atoms with Crippen molar-refractivity contribution < 1.29 is 24.0 Å². The predicted octanol–water partition coefficient (Wildman–Crippen LogP) is 2.61. The Morgan fingerprint density at radius 2 is 2.00 bits per heavy atom. The maximum absolute atomic E-state index is 11.7. The smallest absolute Gasteiger partial charge is 0.338 e. The van der Waals surface area contributed by atoms with Gasteiger partial charge in [0.2, 0.25) is 0 Å². The van der Waals surface area contributed by atoms with E-state index in [0.29, 0.717) is 0 Å². The van der Waals surface area contributed by atoms with Crippen LogP contribution in [0.25, 0.3) is 0 Å². The first-order chi connectivity index (χ1) is 9.95. The molecule has 114 valence electrons. The number of unbranched alkanes of at least 4 members (excludes halogenated alkanes) is 1. The molecule has 0 saturated carbocycles. The number of nitro groups is 1. The van der Waals surface area contributed by atoms with Crippen molar-refractivity contribution in [3.05, 3.63) is 39.4 Å². The Kier molecular flexibility index (Phi) is 6.32. The summed E-state index contributed by atoms with van der Waals surface area (Å²) >= 11 is 0. The fraction of sp³-hybridized carbons (Fsp3) is 0.429. The van der Waals surface area contributed by atoms with E-state index in [0.717, 1.165) is 18.9 Å². The summed E-state index contributed by atoms with van der Waals surface area (Å²) in [6, 6.07) is 3.94. The van der Waals surface area contributed by atoms with Gasteiger partial charge in [-0.1, -0.05) is 13.3 Å². The Labute approximate surface area is 122 Å². The lowest BCUT2D eigenvalue weighted by Gasteiger charge is -2.07. The molecule has 21 heavy (non-hydrogen) atoms. The number of hydrogen-bond acceptors (Lipinski definition) is 6. The maximum atomic E-state index is 11.7. The van der Waals surface area contributed by atoms with Crippen LogP contribution >= 0.6 is 0 Å². The first-order valence-corrected chi connectivity index (χ1v) is 6.53. The van der Waals surface area contributed by atoms with Gasteiger partial charge >= 0.3 is 11.9 Å². The summed E-state index contributed by atoms with van der Waals surface area (Å²) in [5.74, 6) is -1.14. The molecule has 0 spiro atoms. The van der Waals surface area contributed by atoms with Crippen LogP contribution in [0.4, 0.5) is 5.69 Å². The lowest BCUT2D eigenvalue weighted by molar-refractivity contribution is -0.385. The van der Waals surface area contributed by atoms with Crippen LogP contribution in [0.15, 0.2) is 18.2 Å². The Morgan fingerprint density at radius 1 is 1.29 bits per heavy atom. The van der Waals surface area contributed by atoms with Crippen molar-refractivity contribution in [3.8, 4) is 0 Å². The van der Waals surface area contributed by atoms with Crippen molar-refractivity contribution in [2.45, 2.75) is 33.3 Å². The number of nitro benzene ring substituents is 1. The van der Waals surface area contributed by atoms with E-state index in [1.165, 1.54) is 19.1 Å². The van der Waals surface area contributed by atoms with Crippen LogP contribution in [0.1, 0.15) is 42.6 Å². The van der Waals surface area contributed by atoms with Gasteiger partial charge < -0.3 is 9.47 Å². The third-order valence-electron chi connectivity index (χ3n) is 2.68. The van der Waals surface area contributed by atoms with Gasteiger partial charge in [0.15, 0.2) is 0 Å². The van der Waals surface area contributed by atoms with Gasteiger partial charge in [-0.3, -0.25) is 14.9 Å². The molecular weight excluding hydrogens is 278 g/mol. The highest BCUT2D eigenvalue weighted by molar-refractivity contribution is 5.90. The quantitative estimate of drug-likeness (QED) is 0.332. The fourth-order valence-corrected chi connectivity index (χ4v) is 1.55. The number of esters is 2. The van der Waals surface area contributed by atoms with Crippen LogP contribution < -0.4 is 0 Å². The molecule has 0 heterocycles. The third-order valence-corrected chi connectivity index (χ3v) is 2.68. The van der Waals surface area contributed by atoms with E-state index in [-0.39, 0.29) is 30.0 Å². The van der Waals surface area contributed by atoms with Gasteiger partial charge in [-0.25, -0.2) is 4.79 Å². The number of rotatable bonds is 7. The van der Waals surface area contributed by atoms with Crippen LogP contribution in [0, 0.1) is 10.1 Å². The molecule has 1 aromatic carbocycles. The van der Waals surface area contributed by atoms with Crippen LogP contribution in [-0.4, -0.2) is 23.5 Å². The molecule has 0 aromatic heterocycles. The molecule has 0 fully saturated rings. The first-order valence-electron chi connectivity index (χ1n) is 6.53. The van der Waals surface area contributed by atoms with E-state index in [1.54, 1.807) is 0 Å². The predicted molar refractivity (Wildman–Crippen MR) is 73.8 cm³/mol. The molecule has 0 saturated heterocycles. The Balaban J connectivity index is 2.89. The van der Waals surface area contributed by atoms with E-state index in [2.05, 4.69) is 0 Å². The normalized spacial score (nSPS) is 10.0. The zero-order chi connectivity index (χ0) is 15.8. The number of benzene rings is 1. The van der Waals surface area contributed by atoms with Gasteiger partial charge in [-0.2, -0.15) is 0 Å². The summed E-state index contributed by atoms with van der Waals surface area (Å²) < 4.78 is 9.73. The molecule has 0 amide bonds. The molecule has 0 radical (unpaired) electrons. The standard InChI is InChI=1S/C14H17NO6/c1-3-4-7-20-14(17)11-5-6-12(9-21-10(2)16)13(8-11)15(18)19/h5-6,8H,3-4,7,9H2,1-2H3. The SMILES string of the molecule is CCCCOC(=O)c1ccc(COC(C)=O)c([N+](=O)[O-])c1. The summed E-state index contributed by atoms with van der Waals surface area (Å²) in [7, 11) is 0. The molecular formula is C14H17NO6. The fourth-order valence-electron chi connectivity index (χ4n) is 1.55. The lowest BCUT2D eigenvalue weighted by Crippen LogP contribution is -2.08. The number of hydrogen-bond donors (Lipinski definition) is 0. The number of nitrogens with zero attached hydrogens (tertiary/aromatic N) is 1. The lowest BCUT2D eigenvalue weighted by atomic mass is 10.1. The van der Waals surface area contributed by atoms with E-state index >= 15 is 0 Å². The van der Waals surface area contributed by atoms with Crippen molar-refractivity contribution in [1.29, 1.82) is 0 Å². The molecule has 0 unspecified atom stereocenters. The highest BCUT2D eigenvalue weighted by Crippen LogP contribution is 2.22. The monoisotopic (exact) mass is 295 g/mol. The van der Waals surface area contributed by atoms with E-state index in [1.807, 2.05) is 6.92 Å². The van der Waals surface area contributed by atoms with Gasteiger partial charge in [-0.15, -0.1) is 0 Å². The van der Waals surface area contributed by atoms with Gasteiger partial charge in [0.1, 0.15) is 6.61 Å². The van der Waals surface area contributed by atoms with Crippen molar-refractivity contribution in [3.63, 3.8) is 0 Å². The van der Waals surface area contributed by atoms with Gasteiger partial charge in [0.05, 0.1) is 22.7 Å². The highest BCUT2D eigenvalue weighted by atomic mass is 16.6. The topological polar surface area (TPSA) is 95.7 Å². The van der Waals surface area contributed by atoms with Crippen molar-refractivity contribution in [2.75, 3.05) is 6.61 Å². The second kappa shape index (κ2) is 7.98. The summed E-state index contributed by atoms with van der Waals surface area (Å²) in [5, 5.41) is 11.0. The molecule has 0 atom stereocenters. The molecule has 7 heteroatoms. The average Bonchev–Trinajstić information content (AvgIpc) is 2.44. The van der Waals surface area contributed by atoms with Crippen LogP contribution in [0.3, 0.4) is 0 Å². The minimum atomic E-state index is -0.623. The highest BCUT2D eigenvalue weighted by Gasteiger charge is 2.18.